The van der Waals surface area contributed by atoms with E-state index in [1.807, 2.05) is 6.07 Å². The lowest BCUT2D eigenvalue weighted by atomic mass is 9.65. The Balaban J connectivity index is 2.00. The van der Waals surface area contributed by atoms with Gasteiger partial charge in [0, 0.05) is 0 Å². The van der Waals surface area contributed by atoms with Crippen molar-refractivity contribution in [3.63, 3.8) is 0 Å². The van der Waals surface area contributed by atoms with Gasteiger partial charge in [0.1, 0.15) is 0 Å². The fraction of sp³-hybridized carbons (Fsp3) is 0.364. The average molecular weight is 304 g/mol. The molecule has 1 fully saturated rings. The Morgan fingerprint density at radius 2 is 1.39 bits per heavy atom. The first-order chi connectivity index (χ1) is 11.0. The topological polar surface area (TPSA) is 20.2 Å². The molecule has 2 bridgehead atoms. The van der Waals surface area contributed by atoms with Gasteiger partial charge in [-0.2, -0.15) is 0 Å². The first kappa shape index (κ1) is 14.7. The van der Waals surface area contributed by atoms with E-state index in [1.54, 1.807) is 0 Å². The Labute approximate surface area is 138 Å². The maximum Gasteiger partial charge on any atom is 0.0911 e. The second kappa shape index (κ2) is 5.07. The van der Waals surface area contributed by atoms with Crippen molar-refractivity contribution in [3.8, 4) is 0 Å². The van der Waals surface area contributed by atoms with E-state index in [2.05, 4.69) is 68.4 Å². The van der Waals surface area contributed by atoms with E-state index in [9.17, 15) is 5.11 Å². The van der Waals surface area contributed by atoms with Crippen molar-refractivity contribution in [2.75, 3.05) is 0 Å². The summed E-state index contributed by atoms with van der Waals surface area (Å²) in [5, 5.41) is 11.4. The third-order valence-corrected chi connectivity index (χ3v) is 5.90. The molecule has 2 aromatic carbocycles. The van der Waals surface area contributed by atoms with E-state index >= 15 is 0 Å². The Kier molecular flexibility index (Phi) is 3.24. The summed E-state index contributed by atoms with van der Waals surface area (Å²) in [6.07, 6.45) is 2.78. The van der Waals surface area contributed by atoms with Crippen molar-refractivity contribution < 1.29 is 5.11 Å². The molecular formula is C22H24O. The minimum absolute atomic E-state index is 0.230. The molecule has 118 valence electrons. The van der Waals surface area contributed by atoms with E-state index in [0.717, 1.165) is 19.3 Å². The van der Waals surface area contributed by atoms with E-state index < -0.39 is 5.60 Å². The maximum absolute atomic E-state index is 11.4. The van der Waals surface area contributed by atoms with Crippen molar-refractivity contribution in [3.05, 3.63) is 71.8 Å². The summed E-state index contributed by atoms with van der Waals surface area (Å²) in [6, 6.07) is 21.1. The highest BCUT2D eigenvalue weighted by molar-refractivity contribution is 5.98. The van der Waals surface area contributed by atoms with Crippen LogP contribution in [0.15, 0.2) is 60.7 Å². The summed E-state index contributed by atoms with van der Waals surface area (Å²) in [6.45, 7) is 4.71. The summed E-state index contributed by atoms with van der Waals surface area (Å²) in [5.74, 6) is 0.416. The van der Waals surface area contributed by atoms with Crippen LogP contribution in [0.2, 0.25) is 0 Å². The second-order valence-electron chi connectivity index (χ2n) is 7.80. The van der Waals surface area contributed by atoms with Crippen LogP contribution in [-0.2, 0) is 0 Å². The van der Waals surface area contributed by atoms with Gasteiger partial charge in [-0.05, 0) is 52.9 Å². The van der Waals surface area contributed by atoms with Gasteiger partial charge in [-0.3, -0.25) is 0 Å². The van der Waals surface area contributed by atoms with Crippen molar-refractivity contribution in [1.82, 2.24) is 0 Å². The van der Waals surface area contributed by atoms with Gasteiger partial charge >= 0.3 is 0 Å². The standard InChI is InChI=1S/C22H24O/c1-21(2)13-14-22(23)15-18(21)19(16-9-5-3-6-10-16)20(22)17-11-7-4-8-12-17/h3-12,18,23H,13-15H2,1-2H3. The Bertz CT molecular complexity index is 742. The van der Waals surface area contributed by atoms with Crippen LogP contribution in [0.1, 0.15) is 44.2 Å². The molecule has 0 amide bonds. The van der Waals surface area contributed by atoms with Crippen molar-refractivity contribution >= 4 is 11.1 Å². The van der Waals surface area contributed by atoms with Crippen LogP contribution in [0.4, 0.5) is 0 Å². The van der Waals surface area contributed by atoms with Gasteiger partial charge in [0.05, 0.1) is 5.60 Å². The summed E-state index contributed by atoms with van der Waals surface area (Å²) >= 11 is 0. The zero-order valence-corrected chi connectivity index (χ0v) is 13.9. The number of hydrogen-bond donors (Lipinski definition) is 1. The van der Waals surface area contributed by atoms with Crippen LogP contribution in [0, 0.1) is 11.3 Å². The fourth-order valence-electron chi connectivity index (χ4n) is 4.56. The zero-order chi connectivity index (χ0) is 16.1. The third kappa shape index (κ3) is 2.26. The first-order valence-electron chi connectivity index (χ1n) is 8.59. The molecule has 1 nitrogen and oxygen atoms in total. The minimum Gasteiger partial charge on any atom is -0.385 e. The molecule has 2 aliphatic rings. The van der Waals surface area contributed by atoms with E-state index in [1.165, 1.54) is 22.3 Å². The van der Waals surface area contributed by atoms with Gasteiger partial charge in [-0.15, -0.1) is 0 Å². The van der Waals surface area contributed by atoms with Crippen LogP contribution in [0.3, 0.4) is 0 Å². The van der Waals surface area contributed by atoms with Gasteiger partial charge in [0.15, 0.2) is 0 Å². The largest absolute Gasteiger partial charge is 0.385 e. The number of rotatable bonds is 2. The molecule has 1 heteroatoms. The van der Waals surface area contributed by atoms with Gasteiger partial charge in [-0.1, -0.05) is 74.5 Å². The first-order valence-corrected chi connectivity index (χ1v) is 8.59. The molecule has 0 aliphatic heterocycles. The summed E-state index contributed by atoms with van der Waals surface area (Å²) < 4.78 is 0. The lowest BCUT2D eigenvalue weighted by molar-refractivity contribution is 0.0139. The average Bonchev–Trinajstić information content (AvgIpc) is 2.85. The fourth-order valence-corrected chi connectivity index (χ4v) is 4.56. The molecule has 0 heterocycles. The predicted octanol–water partition coefficient (Wildman–Crippen LogP) is 5.17. The molecular weight excluding hydrogens is 280 g/mol. The number of fused-ring (bicyclic) bond motifs is 2. The molecule has 2 unspecified atom stereocenters. The smallest absolute Gasteiger partial charge is 0.0911 e. The van der Waals surface area contributed by atoms with E-state index in [-0.39, 0.29) is 5.41 Å². The van der Waals surface area contributed by atoms with E-state index in [4.69, 9.17) is 0 Å². The number of benzene rings is 2. The lowest BCUT2D eigenvalue weighted by Gasteiger charge is -2.41. The molecule has 23 heavy (non-hydrogen) atoms. The molecule has 2 atom stereocenters. The predicted molar refractivity (Wildman–Crippen MR) is 95.8 cm³/mol. The van der Waals surface area contributed by atoms with Crippen LogP contribution < -0.4 is 0 Å². The SMILES string of the molecule is CC1(C)CCC2(O)CC1C(c1ccccc1)=C2c1ccccc1. The lowest BCUT2D eigenvalue weighted by Crippen LogP contribution is -2.38. The van der Waals surface area contributed by atoms with Gasteiger partial charge < -0.3 is 5.11 Å². The number of hydrogen-bond acceptors (Lipinski definition) is 1. The van der Waals surface area contributed by atoms with Crippen molar-refractivity contribution in [2.24, 2.45) is 11.3 Å². The van der Waals surface area contributed by atoms with Crippen LogP contribution in [0.5, 0.6) is 0 Å². The molecule has 0 radical (unpaired) electrons. The number of allylic oxidation sites excluding steroid dienone is 1. The summed E-state index contributed by atoms with van der Waals surface area (Å²) in [5.41, 5.74) is 4.53. The normalized spacial score (nSPS) is 28.9. The van der Waals surface area contributed by atoms with Gasteiger partial charge in [0.2, 0.25) is 0 Å². The maximum atomic E-state index is 11.4. The molecule has 2 aromatic rings. The monoisotopic (exact) mass is 304 g/mol. The molecule has 0 spiro atoms. The van der Waals surface area contributed by atoms with Crippen molar-refractivity contribution in [1.29, 1.82) is 0 Å². The Morgan fingerprint density at radius 1 is 0.826 bits per heavy atom. The third-order valence-electron chi connectivity index (χ3n) is 5.90. The molecule has 1 N–H and O–H groups in total. The molecule has 0 aromatic heterocycles. The highest BCUT2D eigenvalue weighted by Crippen LogP contribution is 2.61. The minimum atomic E-state index is -0.674. The number of aliphatic hydroxyl groups is 1. The highest BCUT2D eigenvalue weighted by Gasteiger charge is 2.53. The van der Waals surface area contributed by atoms with Crippen LogP contribution >= 0.6 is 0 Å². The van der Waals surface area contributed by atoms with E-state index in [0.29, 0.717) is 5.92 Å². The molecule has 0 saturated heterocycles. The summed E-state index contributed by atoms with van der Waals surface area (Å²) in [7, 11) is 0. The Hall–Kier alpha value is -1.86. The zero-order valence-electron chi connectivity index (χ0n) is 13.9. The second-order valence-corrected chi connectivity index (χ2v) is 7.80. The molecule has 2 aliphatic carbocycles. The molecule has 1 saturated carbocycles. The van der Waals surface area contributed by atoms with Gasteiger partial charge in [0.25, 0.3) is 0 Å². The summed E-state index contributed by atoms with van der Waals surface area (Å²) in [4.78, 5) is 0. The molecule has 4 rings (SSSR count). The Morgan fingerprint density at radius 3 is 2.00 bits per heavy atom. The van der Waals surface area contributed by atoms with Crippen LogP contribution in [-0.4, -0.2) is 10.7 Å². The quantitative estimate of drug-likeness (QED) is 0.811. The van der Waals surface area contributed by atoms with Crippen LogP contribution in [0.25, 0.3) is 11.1 Å². The highest BCUT2D eigenvalue weighted by atomic mass is 16.3. The van der Waals surface area contributed by atoms with Gasteiger partial charge in [-0.25, -0.2) is 0 Å². The van der Waals surface area contributed by atoms with Crippen molar-refractivity contribution in [2.45, 2.75) is 38.7 Å².